The molecule has 0 saturated heterocycles. The molecule has 1 saturated carbocycles. The van der Waals surface area contributed by atoms with Crippen molar-refractivity contribution in [3.63, 3.8) is 0 Å². The minimum atomic E-state index is -0.480. The van der Waals surface area contributed by atoms with E-state index in [1.165, 1.54) is 31.5 Å². The summed E-state index contributed by atoms with van der Waals surface area (Å²) in [5.41, 5.74) is 0. The summed E-state index contributed by atoms with van der Waals surface area (Å²) in [5.74, 6) is 0.935. The Labute approximate surface area is 83.1 Å². The Hall–Kier alpha value is -1.12. The standard InChI is InChI=1S/C11H14FNO/c12-11-8-10(4-6-13-11)14-7-5-9-2-1-3-9/h4,6,8-9H,1-3,5,7H2. The summed E-state index contributed by atoms with van der Waals surface area (Å²) in [5, 5.41) is 0. The predicted octanol–water partition coefficient (Wildman–Crippen LogP) is 2.79. The van der Waals surface area contributed by atoms with Gasteiger partial charge in [-0.3, -0.25) is 0 Å². The lowest BCUT2D eigenvalue weighted by atomic mass is 9.83. The van der Waals surface area contributed by atoms with Crippen LogP contribution in [-0.4, -0.2) is 11.6 Å². The molecule has 0 unspecified atom stereocenters. The minimum absolute atomic E-state index is 0.480. The average Bonchev–Trinajstić information content (AvgIpc) is 2.09. The van der Waals surface area contributed by atoms with Crippen LogP contribution in [0, 0.1) is 11.9 Å². The maximum Gasteiger partial charge on any atom is 0.216 e. The molecule has 76 valence electrons. The Morgan fingerprint density at radius 3 is 3.00 bits per heavy atom. The Bertz CT molecular complexity index is 299. The first-order valence-corrected chi connectivity index (χ1v) is 5.09. The molecule has 1 fully saturated rings. The third-order valence-electron chi connectivity index (χ3n) is 2.72. The van der Waals surface area contributed by atoms with Gasteiger partial charge in [0.2, 0.25) is 5.95 Å². The van der Waals surface area contributed by atoms with Crippen molar-refractivity contribution in [2.24, 2.45) is 5.92 Å². The summed E-state index contributed by atoms with van der Waals surface area (Å²) < 4.78 is 18.1. The lowest BCUT2D eigenvalue weighted by Gasteiger charge is -2.24. The fraction of sp³-hybridized carbons (Fsp3) is 0.545. The number of hydrogen-bond donors (Lipinski definition) is 0. The molecule has 3 heteroatoms. The van der Waals surface area contributed by atoms with Crippen molar-refractivity contribution in [1.82, 2.24) is 4.98 Å². The van der Waals surface area contributed by atoms with Gasteiger partial charge in [-0.05, 0) is 18.4 Å². The first-order chi connectivity index (χ1) is 6.84. The average molecular weight is 195 g/mol. The lowest BCUT2D eigenvalue weighted by molar-refractivity contribution is 0.221. The summed E-state index contributed by atoms with van der Waals surface area (Å²) in [6.07, 6.45) is 6.52. The zero-order valence-electron chi connectivity index (χ0n) is 8.08. The number of aromatic nitrogens is 1. The van der Waals surface area contributed by atoms with Crippen LogP contribution in [0.4, 0.5) is 4.39 Å². The molecule has 1 heterocycles. The van der Waals surface area contributed by atoms with Crippen molar-refractivity contribution in [2.45, 2.75) is 25.7 Å². The molecular formula is C11H14FNO. The molecule has 0 bridgehead atoms. The second kappa shape index (κ2) is 4.40. The van der Waals surface area contributed by atoms with Crippen LogP contribution in [0.1, 0.15) is 25.7 Å². The molecule has 0 N–H and O–H groups in total. The highest BCUT2D eigenvalue weighted by Gasteiger charge is 2.16. The quantitative estimate of drug-likeness (QED) is 0.689. The zero-order chi connectivity index (χ0) is 9.80. The maximum absolute atomic E-state index is 12.6. The largest absolute Gasteiger partial charge is 0.493 e. The van der Waals surface area contributed by atoms with Crippen LogP contribution >= 0.6 is 0 Å². The number of pyridine rings is 1. The topological polar surface area (TPSA) is 22.1 Å². The highest BCUT2D eigenvalue weighted by molar-refractivity contribution is 5.17. The van der Waals surface area contributed by atoms with Gasteiger partial charge in [-0.25, -0.2) is 4.98 Å². The molecule has 0 amide bonds. The number of rotatable bonds is 4. The molecule has 2 rings (SSSR count). The summed E-state index contributed by atoms with van der Waals surface area (Å²) in [6.45, 7) is 0.689. The molecule has 1 aromatic rings. The van der Waals surface area contributed by atoms with Gasteiger partial charge in [-0.2, -0.15) is 4.39 Å². The van der Waals surface area contributed by atoms with E-state index < -0.39 is 5.95 Å². The first kappa shape index (κ1) is 9.44. The van der Waals surface area contributed by atoms with Gasteiger partial charge in [0.1, 0.15) is 5.75 Å². The zero-order valence-corrected chi connectivity index (χ0v) is 8.08. The molecule has 0 aliphatic heterocycles. The molecule has 2 nitrogen and oxygen atoms in total. The summed E-state index contributed by atoms with van der Waals surface area (Å²) in [6, 6.07) is 3.00. The number of halogens is 1. The molecule has 0 atom stereocenters. The highest BCUT2D eigenvalue weighted by Crippen LogP contribution is 2.29. The van der Waals surface area contributed by atoms with Crippen LogP contribution in [0.25, 0.3) is 0 Å². The van der Waals surface area contributed by atoms with Gasteiger partial charge in [-0.15, -0.1) is 0 Å². The van der Waals surface area contributed by atoms with E-state index >= 15 is 0 Å². The monoisotopic (exact) mass is 195 g/mol. The number of ether oxygens (including phenoxy) is 1. The number of nitrogens with zero attached hydrogens (tertiary/aromatic N) is 1. The van der Waals surface area contributed by atoms with E-state index in [1.807, 2.05) is 0 Å². The van der Waals surface area contributed by atoms with E-state index in [9.17, 15) is 4.39 Å². The number of hydrogen-bond acceptors (Lipinski definition) is 2. The smallest absolute Gasteiger partial charge is 0.216 e. The van der Waals surface area contributed by atoms with Crippen molar-refractivity contribution in [1.29, 1.82) is 0 Å². The Balaban J connectivity index is 1.74. The third kappa shape index (κ3) is 2.44. The Morgan fingerprint density at radius 2 is 2.36 bits per heavy atom. The van der Waals surface area contributed by atoms with Gasteiger partial charge in [0.05, 0.1) is 6.61 Å². The minimum Gasteiger partial charge on any atom is -0.493 e. The van der Waals surface area contributed by atoms with Crippen molar-refractivity contribution < 1.29 is 9.13 Å². The van der Waals surface area contributed by atoms with E-state index in [4.69, 9.17) is 4.74 Å². The van der Waals surface area contributed by atoms with Gasteiger partial charge in [0, 0.05) is 12.3 Å². The van der Waals surface area contributed by atoms with Crippen LogP contribution < -0.4 is 4.74 Å². The van der Waals surface area contributed by atoms with Crippen LogP contribution in [0.5, 0.6) is 5.75 Å². The van der Waals surface area contributed by atoms with Gasteiger partial charge in [0.25, 0.3) is 0 Å². The van der Waals surface area contributed by atoms with Crippen molar-refractivity contribution >= 4 is 0 Å². The second-order valence-corrected chi connectivity index (χ2v) is 3.75. The van der Waals surface area contributed by atoms with E-state index in [0.717, 1.165) is 12.3 Å². The van der Waals surface area contributed by atoms with E-state index in [1.54, 1.807) is 6.07 Å². The molecule has 0 spiro atoms. The summed E-state index contributed by atoms with van der Waals surface area (Å²) in [4.78, 5) is 3.46. The van der Waals surface area contributed by atoms with Gasteiger partial charge < -0.3 is 4.74 Å². The normalized spacial score (nSPS) is 16.4. The van der Waals surface area contributed by atoms with Crippen LogP contribution in [0.2, 0.25) is 0 Å². The van der Waals surface area contributed by atoms with Gasteiger partial charge in [0.15, 0.2) is 0 Å². The molecule has 0 aromatic carbocycles. The molecule has 14 heavy (non-hydrogen) atoms. The van der Waals surface area contributed by atoms with Crippen molar-refractivity contribution in [3.8, 4) is 5.75 Å². The Morgan fingerprint density at radius 1 is 1.50 bits per heavy atom. The summed E-state index contributed by atoms with van der Waals surface area (Å²) in [7, 11) is 0. The fourth-order valence-electron chi connectivity index (χ4n) is 1.60. The van der Waals surface area contributed by atoms with Crippen molar-refractivity contribution in [3.05, 3.63) is 24.3 Å². The fourth-order valence-corrected chi connectivity index (χ4v) is 1.60. The molecule has 1 aliphatic rings. The van der Waals surface area contributed by atoms with Crippen LogP contribution in [0.3, 0.4) is 0 Å². The summed E-state index contributed by atoms with van der Waals surface area (Å²) >= 11 is 0. The first-order valence-electron chi connectivity index (χ1n) is 5.09. The van der Waals surface area contributed by atoms with Crippen LogP contribution in [-0.2, 0) is 0 Å². The highest BCUT2D eigenvalue weighted by atomic mass is 19.1. The van der Waals surface area contributed by atoms with Crippen molar-refractivity contribution in [2.75, 3.05) is 6.61 Å². The van der Waals surface area contributed by atoms with E-state index in [2.05, 4.69) is 4.98 Å². The van der Waals surface area contributed by atoms with Crippen LogP contribution in [0.15, 0.2) is 18.3 Å². The SMILES string of the molecule is Fc1cc(OCCC2CCC2)ccn1. The third-order valence-corrected chi connectivity index (χ3v) is 2.72. The lowest BCUT2D eigenvalue weighted by Crippen LogP contribution is -2.14. The maximum atomic E-state index is 12.6. The molecule has 0 radical (unpaired) electrons. The second-order valence-electron chi connectivity index (χ2n) is 3.75. The Kier molecular flexibility index (Phi) is 2.96. The molecule has 1 aliphatic carbocycles. The van der Waals surface area contributed by atoms with Gasteiger partial charge >= 0.3 is 0 Å². The van der Waals surface area contributed by atoms with E-state index in [0.29, 0.717) is 12.4 Å². The predicted molar refractivity (Wildman–Crippen MR) is 51.6 cm³/mol. The molecular weight excluding hydrogens is 181 g/mol. The van der Waals surface area contributed by atoms with E-state index in [-0.39, 0.29) is 0 Å². The van der Waals surface area contributed by atoms with Gasteiger partial charge in [-0.1, -0.05) is 19.3 Å². The molecule has 1 aromatic heterocycles.